The lowest BCUT2D eigenvalue weighted by atomic mass is 9.85. The third kappa shape index (κ3) is 6.23. The molecular weight excluding hydrogens is 795 g/mol. The van der Waals surface area contributed by atoms with Crippen molar-refractivity contribution in [3.8, 4) is 39.3 Å². The Bertz CT molecular complexity index is 3770. The van der Waals surface area contributed by atoms with E-state index in [0.29, 0.717) is 5.82 Å². The number of hydrogen-bond acceptors (Lipinski definition) is 3. The molecule has 64 heavy (non-hydrogen) atoms. The lowest BCUT2D eigenvalue weighted by Crippen LogP contribution is -2.10. The van der Waals surface area contributed by atoms with Crippen molar-refractivity contribution < 1.29 is 0 Å². The van der Waals surface area contributed by atoms with E-state index < -0.39 is 0 Å². The fourth-order valence-electron chi connectivity index (χ4n) is 9.88. The average molecular weight is 842 g/mol. The van der Waals surface area contributed by atoms with Crippen molar-refractivity contribution in [1.29, 1.82) is 0 Å². The van der Waals surface area contributed by atoms with Gasteiger partial charge in [0, 0.05) is 60.2 Å². The van der Waals surface area contributed by atoms with Crippen LogP contribution in [0.2, 0.25) is 0 Å². The second kappa shape index (κ2) is 14.2. The van der Waals surface area contributed by atoms with Gasteiger partial charge in [-0.3, -0.25) is 0 Å². The summed E-state index contributed by atoms with van der Waals surface area (Å²) in [5, 5.41) is 12.8. The van der Waals surface area contributed by atoms with E-state index in [0.717, 1.165) is 33.5 Å². The molecule has 3 heterocycles. The van der Waals surface area contributed by atoms with Crippen LogP contribution in [-0.4, -0.2) is 14.5 Å². The minimum Gasteiger partial charge on any atom is -0.309 e. The van der Waals surface area contributed by atoms with E-state index in [1.54, 1.807) is 0 Å². The predicted octanol–water partition coefficient (Wildman–Crippen LogP) is 17.0. The van der Waals surface area contributed by atoms with Crippen LogP contribution in [0.15, 0.2) is 176 Å². The normalized spacial score (nSPS) is 12.5. The van der Waals surface area contributed by atoms with Crippen molar-refractivity contribution in [1.82, 2.24) is 14.5 Å². The zero-order valence-corrected chi connectivity index (χ0v) is 37.8. The van der Waals surface area contributed by atoms with E-state index in [4.69, 9.17) is 9.97 Å². The van der Waals surface area contributed by atoms with Crippen LogP contribution in [0.25, 0.3) is 114 Å². The van der Waals surface area contributed by atoms with Gasteiger partial charge in [-0.2, -0.15) is 0 Å². The zero-order valence-electron chi connectivity index (χ0n) is 37.0. The molecule has 0 aliphatic carbocycles. The molecule has 308 valence electrons. The molecule has 0 aliphatic rings. The summed E-state index contributed by atoms with van der Waals surface area (Å²) in [7, 11) is 0. The first-order valence-corrected chi connectivity index (χ1v) is 23.1. The standard InChI is InChI=1S/C60H47N3S/c1-59(2,3)41-21-24-54-51(30-41)52-31-42(60(4,5)6)22-25-55(52)63(54)43-27-38(36-14-8-7-9-15-36)26-39(28-43)58-61-34-40(35-62-58)37-20-23-46-48(29-37)44-16-10-11-17-45(44)49-32-53-47-18-12-13-19-56(47)64-57(53)33-50(46)49/h7-35H,1-6H3. The van der Waals surface area contributed by atoms with Crippen LogP contribution >= 0.6 is 11.3 Å². The monoisotopic (exact) mass is 841 g/mol. The molecule has 0 amide bonds. The highest BCUT2D eigenvalue weighted by atomic mass is 32.1. The molecule has 9 aromatic carbocycles. The first-order chi connectivity index (χ1) is 31.0. The van der Waals surface area contributed by atoms with Crippen molar-refractivity contribution in [2.24, 2.45) is 0 Å². The quantitative estimate of drug-likeness (QED) is 0.165. The number of rotatable bonds is 4. The van der Waals surface area contributed by atoms with Gasteiger partial charge in [-0.25, -0.2) is 9.97 Å². The zero-order chi connectivity index (χ0) is 43.5. The van der Waals surface area contributed by atoms with Gasteiger partial charge in [0.15, 0.2) is 5.82 Å². The maximum absolute atomic E-state index is 5.11. The molecule has 0 unspecified atom stereocenters. The maximum atomic E-state index is 5.11. The van der Waals surface area contributed by atoms with Crippen LogP contribution in [0.1, 0.15) is 52.7 Å². The Morgan fingerprint density at radius 1 is 0.359 bits per heavy atom. The first kappa shape index (κ1) is 38.5. The minimum atomic E-state index is 0.0240. The molecule has 0 saturated carbocycles. The van der Waals surface area contributed by atoms with E-state index in [9.17, 15) is 0 Å². The number of aromatic nitrogens is 3. The number of fused-ring (bicyclic) bond motifs is 12. The number of thiophene rings is 1. The van der Waals surface area contributed by atoms with Gasteiger partial charge in [0.25, 0.3) is 0 Å². The molecular formula is C60H47N3S. The van der Waals surface area contributed by atoms with Gasteiger partial charge in [0.05, 0.1) is 11.0 Å². The number of nitrogens with zero attached hydrogens (tertiary/aromatic N) is 3. The van der Waals surface area contributed by atoms with Crippen molar-refractivity contribution >= 4 is 85.6 Å². The van der Waals surface area contributed by atoms with Crippen LogP contribution in [0.5, 0.6) is 0 Å². The molecule has 0 atom stereocenters. The summed E-state index contributed by atoms with van der Waals surface area (Å²) in [6.07, 6.45) is 3.98. The van der Waals surface area contributed by atoms with Gasteiger partial charge < -0.3 is 4.57 Å². The van der Waals surface area contributed by atoms with E-state index in [1.165, 1.54) is 85.4 Å². The first-order valence-electron chi connectivity index (χ1n) is 22.3. The highest BCUT2D eigenvalue weighted by molar-refractivity contribution is 7.25. The molecule has 4 heteroatoms. The lowest BCUT2D eigenvalue weighted by Gasteiger charge is -2.19. The highest BCUT2D eigenvalue weighted by Gasteiger charge is 2.22. The predicted molar refractivity (Wildman–Crippen MR) is 275 cm³/mol. The summed E-state index contributed by atoms with van der Waals surface area (Å²) in [4.78, 5) is 10.2. The Labute approximate surface area is 377 Å². The molecule has 0 saturated heterocycles. The third-order valence-electron chi connectivity index (χ3n) is 13.4. The van der Waals surface area contributed by atoms with E-state index in [1.807, 2.05) is 23.7 Å². The molecule has 0 spiro atoms. The summed E-state index contributed by atoms with van der Waals surface area (Å²) < 4.78 is 5.08. The average Bonchev–Trinajstić information content (AvgIpc) is 3.85. The van der Waals surface area contributed by atoms with Gasteiger partial charge >= 0.3 is 0 Å². The Morgan fingerprint density at radius 2 is 0.922 bits per heavy atom. The Morgan fingerprint density at radius 3 is 1.58 bits per heavy atom. The summed E-state index contributed by atoms with van der Waals surface area (Å²) in [6, 6.07) is 60.8. The molecule has 12 aromatic rings. The van der Waals surface area contributed by atoms with Crippen LogP contribution in [0.4, 0.5) is 0 Å². The summed E-state index contributed by atoms with van der Waals surface area (Å²) in [6.45, 7) is 13.8. The van der Waals surface area contributed by atoms with Crippen molar-refractivity contribution in [3.05, 3.63) is 187 Å². The SMILES string of the molecule is CC(C)(C)c1ccc2c(c1)c1cc(C(C)(C)C)ccc1n2-c1cc(-c2ccccc2)cc(-c2ncc(-c3ccc4c(c3)c3ccccc3c3cc5c(cc43)sc3ccccc35)cn2)c1. The molecule has 3 aromatic heterocycles. The fraction of sp³-hybridized carbons (Fsp3) is 0.133. The smallest absolute Gasteiger partial charge is 0.159 e. The number of hydrogen-bond donors (Lipinski definition) is 0. The third-order valence-corrected chi connectivity index (χ3v) is 14.5. The van der Waals surface area contributed by atoms with Crippen LogP contribution < -0.4 is 0 Å². The molecule has 0 aliphatic heterocycles. The Kier molecular flexibility index (Phi) is 8.54. The van der Waals surface area contributed by atoms with Gasteiger partial charge in [-0.15, -0.1) is 11.3 Å². The molecule has 0 N–H and O–H groups in total. The van der Waals surface area contributed by atoms with Gasteiger partial charge in [-0.05, 0) is 138 Å². The van der Waals surface area contributed by atoms with Gasteiger partial charge in [-0.1, -0.05) is 139 Å². The topological polar surface area (TPSA) is 30.7 Å². The van der Waals surface area contributed by atoms with Crippen LogP contribution in [0.3, 0.4) is 0 Å². The van der Waals surface area contributed by atoms with Crippen LogP contribution in [0, 0.1) is 0 Å². The van der Waals surface area contributed by atoms with Crippen molar-refractivity contribution in [2.75, 3.05) is 0 Å². The number of benzene rings is 9. The van der Waals surface area contributed by atoms with Gasteiger partial charge in [0.1, 0.15) is 0 Å². The molecule has 0 radical (unpaired) electrons. The fourth-order valence-corrected chi connectivity index (χ4v) is 11.0. The molecule has 12 rings (SSSR count). The maximum Gasteiger partial charge on any atom is 0.159 e. The highest BCUT2D eigenvalue weighted by Crippen LogP contribution is 2.44. The van der Waals surface area contributed by atoms with Crippen LogP contribution in [-0.2, 0) is 10.8 Å². The minimum absolute atomic E-state index is 0.0240. The Balaban J connectivity index is 1.00. The molecule has 0 fully saturated rings. The van der Waals surface area contributed by atoms with E-state index in [-0.39, 0.29) is 10.8 Å². The summed E-state index contributed by atoms with van der Waals surface area (Å²) in [5.41, 5.74) is 11.5. The second-order valence-electron chi connectivity index (χ2n) is 19.5. The molecule has 3 nitrogen and oxygen atoms in total. The second-order valence-corrected chi connectivity index (χ2v) is 20.6. The summed E-state index contributed by atoms with van der Waals surface area (Å²) >= 11 is 1.87. The van der Waals surface area contributed by atoms with Gasteiger partial charge in [0.2, 0.25) is 0 Å². The molecule has 0 bridgehead atoms. The Hall–Kier alpha value is -7.14. The van der Waals surface area contributed by atoms with Crippen molar-refractivity contribution in [3.63, 3.8) is 0 Å². The summed E-state index contributed by atoms with van der Waals surface area (Å²) in [5.74, 6) is 0.693. The lowest BCUT2D eigenvalue weighted by molar-refractivity contribution is 0.590. The van der Waals surface area contributed by atoms with E-state index >= 15 is 0 Å². The largest absolute Gasteiger partial charge is 0.309 e. The van der Waals surface area contributed by atoms with Crippen molar-refractivity contribution in [2.45, 2.75) is 52.4 Å². The van der Waals surface area contributed by atoms with E-state index in [2.05, 4.69) is 210 Å².